The van der Waals surface area contributed by atoms with Crippen molar-refractivity contribution in [2.24, 2.45) is 0 Å². The molecule has 0 bridgehead atoms. The van der Waals surface area contributed by atoms with Crippen molar-refractivity contribution in [3.8, 4) is 17.1 Å². The second-order valence-electron chi connectivity index (χ2n) is 7.14. The van der Waals surface area contributed by atoms with Crippen LogP contribution in [0.5, 0.6) is 5.75 Å². The summed E-state index contributed by atoms with van der Waals surface area (Å²) in [6.07, 6.45) is -3.18. The Morgan fingerprint density at radius 1 is 1.20 bits per heavy atom. The number of nitro benzene ring substituents is 1. The van der Waals surface area contributed by atoms with Gasteiger partial charge in [0.1, 0.15) is 17.3 Å². The number of alkyl halides is 3. The van der Waals surface area contributed by atoms with Crippen LogP contribution in [0.3, 0.4) is 0 Å². The number of halogens is 3. The summed E-state index contributed by atoms with van der Waals surface area (Å²) in [5.74, 6) is 0.143. The van der Waals surface area contributed by atoms with Gasteiger partial charge in [-0.3, -0.25) is 19.8 Å². The molecule has 7 nitrogen and oxygen atoms in total. The highest BCUT2D eigenvalue weighted by molar-refractivity contribution is 8.27. The van der Waals surface area contributed by atoms with E-state index in [4.69, 9.17) is 21.4 Å². The number of furan rings is 1. The lowest BCUT2D eigenvalue weighted by atomic mass is 10.1. The maximum atomic E-state index is 13.1. The van der Waals surface area contributed by atoms with Gasteiger partial charge in [-0.05, 0) is 49.4 Å². The third kappa shape index (κ3) is 5.08. The summed E-state index contributed by atoms with van der Waals surface area (Å²) in [4.78, 5) is 25.0. The zero-order valence-corrected chi connectivity index (χ0v) is 19.5. The second kappa shape index (κ2) is 9.55. The van der Waals surface area contributed by atoms with Crippen molar-refractivity contribution in [1.29, 1.82) is 0 Å². The van der Waals surface area contributed by atoms with E-state index in [1.165, 1.54) is 42.5 Å². The van der Waals surface area contributed by atoms with Gasteiger partial charge in [0.15, 0.2) is 4.32 Å². The van der Waals surface area contributed by atoms with E-state index in [1.807, 2.05) is 0 Å². The number of amides is 1. The number of hydrogen-bond acceptors (Lipinski definition) is 7. The lowest BCUT2D eigenvalue weighted by Crippen LogP contribution is -2.27. The molecule has 1 saturated heterocycles. The molecule has 35 heavy (non-hydrogen) atoms. The highest BCUT2D eigenvalue weighted by atomic mass is 32.2. The molecule has 1 aromatic heterocycles. The molecule has 0 spiro atoms. The number of ether oxygens (including phenoxy) is 1. The number of thiocarbonyl (C=S) groups is 1. The summed E-state index contributed by atoms with van der Waals surface area (Å²) in [7, 11) is 0. The smallest absolute Gasteiger partial charge is 0.416 e. The highest BCUT2D eigenvalue weighted by Gasteiger charge is 2.36. The minimum atomic E-state index is -4.57. The van der Waals surface area contributed by atoms with Gasteiger partial charge in [-0.25, -0.2) is 0 Å². The molecule has 0 saturated carbocycles. The Kier molecular flexibility index (Phi) is 6.68. The molecular formula is C23H15F3N2O5S2. The number of nitro groups is 1. The molecule has 1 amide bonds. The van der Waals surface area contributed by atoms with Crippen molar-refractivity contribution in [2.75, 3.05) is 11.5 Å². The first-order valence-corrected chi connectivity index (χ1v) is 11.3. The van der Waals surface area contributed by atoms with Crippen LogP contribution in [0.1, 0.15) is 18.2 Å². The monoisotopic (exact) mass is 520 g/mol. The summed E-state index contributed by atoms with van der Waals surface area (Å²) >= 11 is 6.13. The first-order valence-electron chi connectivity index (χ1n) is 10.0. The van der Waals surface area contributed by atoms with Crippen molar-refractivity contribution in [3.63, 3.8) is 0 Å². The molecule has 3 aromatic rings. The zero-order chi connectivity index (χ0) is 25.3. The lowest BCUT2D eigenvalue weighted by Gasteiger charge is -2.16. The molecule has 4 rings (SSSR count). The SMILES string of the molecule is CCOc1ccc(-c2ccc(/C=C3\SC(=S)N(c4cccc(C(F)(F)F)c4)C3=O)o2)c([N+](=O)[O-])c1. The van der Waals surface area contributed by atoms with Crippen LogP contribution in [0.25, 0.3) is 17.4 Å². The standard InChI is InChI=1S/C23H15F3N2O5S2/c1-2-32-15-6-8-17(18(11-15)28(30)31)19-9-7-16(33-19)12-20-21(29)27(22(34)35-20)14-5-3-4-13(10-14)23(24,25)26/h3-12H,2H2,1H3/b20-12-. The van der Waals surface area contributed by atoms with Crippen molar-refractivity contribution >= 4 is 51.7 Å². The van der Waals surface area contributed by atoms with Gasteiger partial charge in [-0.15, -0.1) is 0 Å². The van der Waals surface area contributed by atoms with Crippen LogP contribution >= 0.6 is 24.0 Å². The molecule has 12 heteroatoms. The van der Waals surface area contributed by atoms with Gasteiger partial charge in [0, 0.05) is 6.08 Å². The van der Waals surface area contributed by atoms with E-state index in [-0.39, 0.29) is 37.7 Å². The van der Waals surface area contributed by atoms with Crippen LogP contribution in [-0.4, -0.2) is 21.8 Å². The molecule has 1 aliphatic rings. The molecule has 2 heterocycles. The number of rotatable bonds is 6. The van der Waals surface area contributed by atoms with Gasteiger partial charge in [0.2, 0.25) is 0 Å². The van der Waals surface area contributed by atoms with Gasteiger partial charge >= 0.3 is 6.18 Å². The molecule has 2 aromatic carbocycles. The summed E-state index contributed by atoms with van der Waals surface area (Å²) in [6.45, 7) is 2.11. The molecule has 0 unspecified atom stereocenters. The quantitative estimate of drug-likeness (QED) is 0.155. The average Bonchev–Trinajstić information content (AvgIpc) is 3.37. The van der Waals surface area contributed by atoms with Crippen molar-refractivity contribution in [1.82, 2.24) is 0 Å². The minimum absolute atomic E-state index is 0.00382. The maximum absolute atomic E-state index is 13.1. The van der Waals surface area contributed by atoms with Crippen LogP contribution < -0.4 is 9.64 Å². The van der Waals surface area contributed by atoms with Crippen LogP contribution in [0.2, 0.25) is 0 Å². The first kappa shape index (κ1) is 24.5. The number of nitrogens with zero attached hydrogens (tertiary/aromatic N) is 2. The fourth-order valence-corrected chi connectivity index (χ4v) is 4.62. The number of benzene rings is 2. The van der Waals surface area contributed by atoms with E-state index in [0.717, 1.165) is 28.8 Å². The number of hydrogen-bond donors (Lipinski definition) is 0. The van der Waals surface area contributed by atoms with Gasteiger partial charge in [-0.2, -0.15) is 13.2 Å². The third-order valence-corrected chi connectivity index (χ3v) is 6.17. The Morgan fingerprint density at radius 3 is 2.66 bits per heavy atom. The van der Waals surface area contributed by atoms with E-state index in [1.54, 1.807) is 13.0 Å². The predicted molar refractivity (Wildman–Crippen MR) is 129 cm³/mol. The van der Waals surface area contributed by atoms with Gasteiger partial charge < -0.3 is 9.15 Å². The van der Waals surface area contributed by atoms with Crippen molar-refractivity contribution in [2.45, 2.75) is 13.1 Å². The first-order chi connectivity index (χ1) is 16.6. The largest absolute Gasteiger partial charge is 0.494 e. The summed E-state index contributed by atoms with van der Waals surface area (Å²) in [5.41, 5.74) is -0.904. The Labute approximate surface area is 206 Å². The van der Waals surface area contributed by atoms with Gasteiger partial charge in [-0.1, -0.05) is 30.0 Å². The average molecular weight is 521 g/mol. The van der Waals surface area contributed by atoms with E-state index >= 15 is 0 Å². The number of anilines is 1. The summed E-state index contributed by atoms with van der Waals surface area (Å²) in [6, 6.07) is 11.7. The van der Waals surface area contributed by atoms with Crippen LogP contribution in [0, 0.1) is 10.1 Å². The molecule has 1 aliphatic heterocycles. The molecule has 0 atom stereocenters. The molecule has 0 N–H and O–H groups in total. The number of thioether (sulfide) groups is 1. The number of carbonyl (C=O) groups is 1. The Bertz CT molecular complexity index is 1370. The Hall–Kier alpha value is -3.64. The lowest BCUT2D eigenvalue weighted by molar-refractivity contribution is -0.384. The van der Waals surface area contributed by atoms with Crippen molar-refractivity contribution in [3.05, 3.63) is 80.9 Å². The van der Waals surface area contributed by atoms with Crippen LogP contribution in [0.4, 0.5) is 24.5 Å². The fourth-order valence-electron chi connectivity index (χ4n) is 3.34. The van der Waals surface area contributed by atoms with Crippen LogP contribution in [-0.2, 0) is 11.0 Å². The molecule has 180 valence electrons. The van der Waals surface area contributed by atoms with E-state index in [9.17, 15) is 28.1 Å². The minimum Gasteiger partial charge on any atom is -0.494 e. The van der Waals surface area contributed by atoms with Gasteiger partial charge in [0.05, 0.1) is 39.3 Å². The fraction of sp³-hybridized carbons (Fsp3) is 0.130. The Morgan fingerprint density at radius 2 is 1.97 bits per heavy atom. The van der Waals surface area contributed by atoms with E-state index < -0.39 is 22.6 Å². The van der Waals surface area contributed by atoms with E-state index in [2.05, 4.69) is 0 Å². The topological polar surface area (TPSA) is 85.8 Å². The van der Waals surface area contributed by atoms with Crippen LogP contribution in [0.15, 0.2) is 63.9 Å². The second-order valence-corrected chi connectivity index (χ2v) is 8.81. The summed E-state index contributed by atoms with van der Waals surface area (Å²) < 4.78 is 50.3. The molecule has 0 radical (unpaired) electrons. The van der Waals surface area contributed by atoms with Gasteiger partial charge in [0.25, 0.3) is 11.6 Å². The highest BCUT2D eigenvalue weighted by Crippen LogP contribution is 2.39. The molecular weight excluding hydrogens is 505 g/mol. The summed E-state index contributed by atoms with van der Waals surface area (Å²) in [5, 5.41) is 11.5. The zero-order valence-electron chi connectivity index (χ0n) is 17.9. The molecule has 1 fully saturated rings. The molecule has 0 aliphatic carbocycles. The number of carbonyl (C=O) groups excluding carboxylic acids is 1. The normalized spacial score (nSPS) is 15.2. The maximum Gasteiger partial charge on any atom is 0.416 e. The third-order valence-electron chi connectivity index (χ3n) is 4.87. The predicted octanol–water partition coefficient (Wildman–Crippen LogP) is 6.68. The Balaban J connectivity index is 1.62. The van der Waals surface area contributed by atoms with E-state index in [0.29, 0.717) is 12.4 Å². The van der Waals surface area contributed by atoms with Crippen molar-refractivity contribution < 1.29 is 32.0 Å².